The summed E-state index contributed by atoms with van der Waals surface area (Å²) in [5.74, 6) is -1.47. The van der Waals surface area contributed by atoms with E-state index < -0.39 is 97.5 Å². The molecule has 0 radical (unpaired) electrons. The van der Waals surface area contributed by atoms with Gasteiger partial charge in [-0.15, -0.1) is 0 Å². The van der Waals surface area contributed by atoms with Crippen LogP contribution in [0.15, 0.2) is 24.3 Å². The molecule has 17 nitrogen and oxygen atoms in total. The van der Waals surface area contributed by atoms with E-state index in [0.717, 1.165) is 109 Å². The van der Waals surface area contributed by atoms with E-state index in [2.05, 4.69) is 58.9 Å². The summed E-state index contributed by atoms with van der Waals surface area (Å²) in [7, 11) is -9.92. The van der Waals surface area contributed by atoms with E-state index in [1.807, 2.05) is 0 Å². The molecule has 0 aliphatic carbocycles. The topological polar surface area (TPSA) is 237 Å². The van der Waals surface area contributed by atoms with E-state index in [1.54, 1.807) is 0 Å². The molecule has 0 aromatic rings. The maximum absolute atomic E-state index is 13.0. The van der Waals surface area contributed by atoms with Crippen LogP contribution in [-0.4, -0.2) is 96.7 Å². The number of hydrogen-bond acceptors (Lipinski definition) is 15. The molecule has 5 atom stereocenters. The lowest BCUT2D eigenvalue weighted by Gasteiger charge is -2.21. The fourth-order valence-corrected chi connectivity index (χ4v) is 12.2. The minimum atomic E-state index is -4.96. The van der Waals surface area contributed by atoms with E-state index in [9.17, 15) is 43.2 Å². The van der Waals surface area contributed by atoms with E-state index >= 15 is 0 Å². The summed E-state index contributed by atoms with van der Waals surface area (Å²) in [4.78, 5) is 72.6. The number of aliphatic hydroxyl groups is 1. The Morgan fingerprint density at radius 3 is 0.891 bits per heavy atom. The lowest BCUT2D eigenvalue weighted by molar-refractivity contribution is -0.161. The number of aliphatic hydroxyl groups excluding tert-OH is 1. The predicted molar refractivity (Wildman–Crippen MR) is 372 cm³/mol. The van der Waals surface area contributed by atoms with Crippen LogP contribution >= 0.6 is 15.6 Å². The quantitative estimate of drug-likeness (QED) is 0.0169. The number of rotatable bonds is 71. The van der Waals surface area contributed by atoms with Gasteiger partial charge in [0.05, 0.1) is 26.4 Å². The molecule has 19 heteroatoms. The monoisotopic (exact) mass is 1350 g/mol. The van der Waals surface area contributed by atoms with E-state index in [0.29, 0.717) is 31.6 Å². The first kappa shape index (κ1) is 89.5. The van der Waals surface area contributed by atoms with Crippen LogP contribution in [0.1, 0.15) is 356 Å². The molecule has 0 saturated carbocycles. The molecule has 0 aromatic heterocycles. The average molecular weight is 1350 g/mol. The normalized spacial score (nSPS) is 14.2. The maximum atomic E-state index is 13.0. The molecule has 3 N–H and O–H groups in total. The van der Waals surface area contributed by atoms with Crippen molar-refractivity contribution >= 4 is 39.5 Å². The molecule has 0 aliphatic heterocycles. The van der Waals surface area contributed by atoms with Gasteiger partial charge in [-0.05, 0) is 57.3 Å². The van der Waals surface area contributed by atoms with Gasteiger partial charge in [0.1, 0.15) is 19.3 Å². The van der Waals surface area contributed by atoms with Crippen molar-refractivity contribution in [2.75, 3.05) is 39.6 Å². The Bertz CT molecular complexity index is 1860. The highest BCUT2D eigenvalue weighted by Crippen LogP contribution is 2.45. The first-order valence-corrected chi connectivity index (χ1v) is 40.4. The van der Waals surface area contributed by atoms with Crippen LogP contribution in [0.4, 0.5) is 0 Å². The number of carbonyl (C=O) groups is 4. The molecule has 0 aromatic carbocycles. The molecule has 0 heterocycles. The Balaban J connectivity index is 5.27. The van der Waals surface area contributed by atoms with Crippen molar-refractivity contribution < 1.29 is 80.2 Å². The van der Waals surface area contributed by atoms with Gasteiger partial charge in [-0.1, -0.05) is 303 Å². The number of carbonyl (C=O) groups excluding carboxylic acids is 4. The van der Waals surface area contributed by atoms with Gasteiger partial charge < -0.3 is 33.8 Å². The summed E-state index contributed by atoms with van der Waals surface area (Å²) in [5.41, 5.74) is 0. The Morgan fingerprint density at radius 1 is 0.337 bits per heavy atom. The Morgan fingerprint density at radius 2 is 0.587 bits per heavy atom. The van der Waals surface area contributed by atoms with Gasteiger partial charge in [-0.3, -0.25) is 37.3 Å². The lowest BCUT2D eigenvalue weighted by atomic mass is 10.0. The molecule has 92 heavy (non-hydrogen) atoms. The summed E-state index contributed by atoms with van der Waals surface area (Å²) >= 11 is 0. The van der Waals surface area contributed by atoms with Crippen molar-refractivity contribution in [1.82, 2.24) is 0 Å². The zero-order chi connectivity index (χ0) is 67.7. The van der Waals surface area contributed by atoms with Crippen LogP contribution in [0.3, 0.4) is 0 Å². The molecule has 0 aliphatic rings. The van der Waals surface area contributed by atoms with Crippen LogP contribution in [-0.2, 0) is 65.4 Å². The van der Waals surface area contributed by atoms with Crippen LogP contribution in [0.25, 0.3) is 0 Å². The summed E-state index contributed by atoms with van der Waals surface area (Å²) in [6.45, 7) is 7.12. The molecule has 0 fully saturated rings. The average Bonchev–Trinajstić information content (AvgIpc) is 3.71. The SMILES string of the molecule is CCCCCC/C=C\C=C/CCCCCCCC(=O)O[C@H](COC(=O)CCCCCCCCCCCCCCCCC)COP(=O)(O)OC[C@@H](O)COP(=O)(O)OC[C@@H](COC(=O)CCCCCCCCC(C)C)OC(=O)CCCCCCCCCCCCCCC. The minimum Gasteiger partial charge on any atom is -0.462 e. The standard InChI is InChI=1S/C73H138O17P2/c1-6-9-12-15-18-21-24-27-29-32-34-37-40-46-51-56-70(75)83-62-68(89-72(77)59-54-49-42-39-36-33-30-28-25-22-19-16-13-10-7-2)64-87-91(79,80)85-60-67(74)61-86-92(81,82)88-65-69(63-84-71(76)57-52-47-44-43-45-50-55-66(4)5)90-73(78)58-53-48-41-38-35-31-26-23-20-17-14-11-8-3/h22,25,28,30,66-69,74H,6-21,23-24,26-27,29,31-65H2,1-5H3,(H,79,80)(H,81,82)/b25-22-,30-28-/t67-,68-,69-/m1/s1. The number of hydrogen-bond donors (Lipinski definition) is 3. The third-order valence-electron chi connectivity index (χ3n) is 16.4. The van der Waals surface area contributed by atoms with Gasteiger partial charge in [0.2, 0.25) is 0 Å². The van der Waals surface area contributed by atoms with Crippen molar-refractivity contribution in [3.63, 3.8) is 0 Å². The fraction of sp³-hybridized carbons (Fsp3) is 0.890. The van der Waals surface area contributed by atoms with Crippen LogP contribution in [0, 0.1) is 5.92 Å². The number of ether oxygens (including phenoxy) is 4. The van der Waals surface area contributed by atoms with E-state index in [1.165, 1.54) is 161 Å². The molecular weight excluding hydrogens is 1210 g/mol. The van der Waals surface area contributed by atoms with E-state index in [-0.39, 0.29) is 25.7 Å². The van der Waals surface area contributed by atoms with E-state index in [4.69, 9.17) is 37.0 Å². The van der Waals surface area contributed by atoms with Gasteiger partial charge in [0.15, 0.2) is 12.2 Å². The molecule has 0 saturated heterocycles. The van der Waals surface area contributed by atoms with Gasteiger partial charge >= 0.3 is 39.5 Å². The lowest BCUT2D eigenvalue weighted by Crippen LogP contribution is -2.30. The van der Waals surface area contributed by atoms with Crippen LogP contribution < -0.4 is 0 Å². The van der Waals surface area contributed by atoms with Gasteiger partial charge in [-0.25, -0.2) is 9.13 Å². The largest absolute Gasteiger partial charge is 0.472 e. The Labute approximate surface area is 561 Å². The molecule has 542 valence electrons. The summed E-state index contributed by atoms with van der Waals surface area (Å²) in [5, 5.41) is 10.6. The number of phosphoric ester groups is 2. The summed E-state index contributed by atoms with van der Waals surface area (Å²) in [6.07, 6.45) is 56.3. The molecule has 0 amide bonds. The Hall–Kier alpha value is -2.46. The van der Waals surface area contributed by atoms with Crippen molar-refractivity contribution in [3.05, 3.63) is 24.3 Å². The zero-order valence-corrected chi connectivity index (χ0v) is 61.0. The second-order valence-electron chi connectivity index (χ2n) is 26.1. The van der Waals surface area contributed by atoms with Crippen LogP contribution in [0.5, 0.6) is 0 Å². The van der Waals surface area contributed by atoms with Crippen molar-refractivity contribution in [1.29, 1.82) is 0 Å². The highest BCUT2D eigenvalue weighted by Gasteiger charge is 2.30. The predicted octanol–water partition coefficient (Wildman–Crippen LogP) is 20.9. The molecule has 0 spiro atoms. The molecule has 0 bridgehead atoms. The van der Waals surface area contributed by atoms with Gasteiger partial charge in [-0.2, -0.15) is 0 Å². The minimum absolute atomic E-state index is 0.0856. The molecule has 2 unspecified atom stereocenters. The number of phosphoric acid groups is 2. The highest BCUT2D eigenvalue weighted by molar-refractivity contribution is 7.47. The van der Waals surface area contributed by atoms with Crippen molar-refractivity contribution in [3.8, 4) is 0 Å². The third kappa shape index (κ3) is 66.2. The third-order valence-corrected chi connectivity index (χ3v) is 18.3. The number of unbranched alkanes of at least 4 members (excludes halogenated alkanes) is 40. The summed E-state index contributed by atoms with van der Waals surface area (Å²) < 4.78 is 68.3. The smallest absolute Gasteiger partial charge is 0.462 e. The molecular formula is C73H138O17P2. The van der Waals surface area contributed by atoms with Crippen molar-refractivity contribution in [2.24, 2.45) is 5.92 Å². The van der Waals surface area contributed by atoms with Gasteiger partial charge in [0.25, 0.3) is 0 Å². The van der Waals surface area contributed by atoms with Crippen LogP contribution in [0.2, 0.25) is 0 Å². The van der Waals surface area contributed by atoms with Gasteiger partial charge in [0, 0.05) is 25.7 Å². The summed E-state index contributed by atoms with van der Waals surface area (Å²) in [6, 6.07) is 0. The first-order chi connectivity index (χ1) is 44.5. The zero-order valence-electron chi connectivity index (χ0n) is 59.2. The van der Waals surface area contributed by atoms with Crippen molar-refractivity contribution in [2.45, 2.75) is 374 Å². The fourth-order valence-electron chi connectivity index (χ4n) is 10.6. The maximum Gasteiger partial charge on any atom is 0.472 e. The Kier molecular flexibility index (Phi) is 64.0. The number of esters is 4. The second kappa shape index (κ2) is 65.8. The second-order valence-corrected chi connectivity index (χ2v) is 29.0. The molecule has 0 rings (SSSR count). The number of allylic oxidation sites excluding steroid dienone is 4. The first-order valence-electron chi connectivity index (χ1n) is 37.5. The highest BCUT2D eigenvalue weighted by atomic mass is 31.2.